The highest BCUT2D eigenvalue weighted by Gasteiger charge is 2.28. The Bertz CT molecular complexity index is 148. The second-order valence-corrected chi connectivity index (χ2v) is 3.92. The van der Waals surface area contributed by atoms with Crippen LogP contribution in [0.2, 0.25) is 0 Å². The quantitative estimate of drug-likeness (QED) is 0.623. The van der Waals surface area contributed by atoms with E-state index in [0.29, 0.717) is 0 Å². The Morgan fingerprint density at radius 2 is 2.00 bits per heavy atom. The number of rotatable bonds is 2. The maximum Gasteiger partial charge on any atom is 0.219 e. The molecule has 2 heteroatoms. The Morgan fingerprint density at radius 1 is 1.50 bits per heavy atom. The lowest BCUT2D eigenvalue weighted by atomic mass is 9.90. The minimum Gasteiger partial charge on any atom is -0.342 e. The summed E-state index contributed by atoms with van der Waals surface area (Å²) in [6.07, 6.45) is 1.27. The van der Waals surface area contributed by atoms with Crippen LogP contribution in [0.25, 0.3) is 0 Å². The highest BCUT2D eigenvalue weighted by atomic mass is 16.2. The van der Waals surface area contributed by atoms with E-state index in [1.54, 1.807) is 6.92 Å². The van der Waals surface area contributed by atoms with E-state index in [1.165, 1.54) is 6.42 Å². The molecule has 1 rings (SSSR count). The van der Waals surface area contributed by atoms with Crippen molar-refractivity contribution in [3.63, 3.8) is 0 Å². The molecule has 1 saturated heterocycles. The van der Waals surface area contributed by atoms with Crippen LogP contribution in [0.1, 0.15) is 34.6 Å². The van der Waals surface area contributed by atoms with E-state index in [2.05, 4.69) is 13.8 Å². The predicted octanol–water partition coefficient (Wildman–Crippen LogP) is 2.15. The lowest BCUT2D eigenvalue weighted by Gasteiger charge is -2.39. The fourth-order valence-corrected chi connectivity index (χ4v) is 1.64. The van der Waals surface area contributed by atoms with Crippen LogP contribution in [0.15, 0.2) is 0 Å². The number of nitrogens with zero attached hydrogens (tertiary/aromatic N) is 1. The van der Waals surface area contributed by atoms with Crippen molar-refractivity contribution < 1.29 is 4.79 Å². The van der Waals surface area contributed by atoms with Gasteiger partial charge in [-0.2, -0.15) is 0 Å². The van der Waals surface area contributed by atoms with Crippen molar-refractivity contribution in [3.05, 3.63) is 0 Å². The molecule has 0 spiro atoms. The van der Waals surface area contributed by atoms with Crippen LogP contribution in [-0.2, 0) is 4.79 Å². The van der Waals surface area contributed by atoms with E-state index >= 15 is 0 Å². The van der Waals surface area contributed by atoms with Gasteiger partial charge in [-0.05, 0) is 18.3 Å². The van der Waals surface area contributed by atoms with Crippen molar-refractivity contribution in [3.8, 4) is 0 Å². The number of amides is 1. The van der Waals surface area contributed by atoms with Crippen molar-refractivity contribution in [2.24, 2.45) is 11.8 Å². The number of hydrogen-bond donors (Lipinski definition) is 0. The summed E-state index contributed by atoms with van der Waals surface area (Å²) >= 11 is 0. The number of carbonyl (C=O) groups is 1. The normalized spacial score (nSPS) is 17.2. The molecule has 0 atom stereocenters. The third-order valence-electron chi connectivity index (χ3n) is 2.21. The molecule has 0 aliphatic carbocycles. The molecule has 0 unspecified atom stereocenters. The molecule has 1 heterocycles. The summed E-state index contributed by atoms with van der Waals surface area (Å²) in [5.41, 5.74) is 0. The molecule has 0 bridgehead atoms. The van der Waals surface area contributed by atoms with Gasteiger partial charge in [0.15, 0.2) is 0 Å². The maximum absolute atomic E-state index is 10.8. The molecular weight excluding hydrogens is 150 g/mol. The predicted molar refractivity (Wildman–Crippen MR) is 51.9 cm³/mol. The molecule has 0 aromatic rings. The molecular formula is C10H21NO. The van der Waals surface area contributed by atoms with Gasteiger partial charge in [-0.3, -0.25) is 4.79 Å². The molecule has 0 N–H and O–H groups in total. The molecule has 2 nitrogen and oxygen atoms in total. The Kier molecular flexibility index (Phi) is 4.29. The van der Waals surface area contributed by atoms with Crippen molar-refractivity contribution in [1.29, 1.82) is 0 Å². The highest BCUT2D eigenvalue weighted by Crippen LogP contribution is 2.22. The van der Waals surface area contributed by atoms with E-state index in [1.807, 2.05) is 4.90 Å². The average Bonchev–Trinajstić information content (AvgIpc) is 1.75. The minimum atomic E-state index is 0. The van der Waals surface area contributed by atoms with Gasteiger partial charge in [0.1, 0.15) is 0 Å². The van der Waals surface area contributed by atoms with Crippen LogP contribution < -0.4 is 0 Å². The fraction of sp³-hybridized carbons (Fsp3) is 0.900. The third kappa shape index (κ3) is 2.84. The van der Waals surface area contributed by atoms with E-state index in [0.717, 1.165) is 24.9 Å². The SMILES string of the molecule is C.CC(=O)N1CC(CC(C)C)C1. The Morgan fingerprint density at radius 3 is 2.33 bits per heavy atom. The second-order valence-electron chi connectivity index (χ2n) is 3.92. The van der Waals surface area contributed by atoms with Gasteiger partial charge in [0.2, 0.25) is 5.91 Å². The van der Waals surface area contributed by atoms with Crippen molar-refractivity contribution in [2.75, 3.05) is 13.1 Å². The lowest BCUT2D eigenvalue weighted by Crippen LogP contribution is -2.49. The van der Waals surface area contributed by atoms with Gasteiger partial charge in [-0.1, -0.05) is 21.3 Å². The summed E-state index contributed by atoms with van der Waals surface area (Å²) in [5.74, 6) is 1.78. The molecule has 0 saturated carbocycles. The molecule has 1 amide bonds. The molecule has 0 aromatic carbocycles. The van der Waals surface area contributed by atoms with E-state index in [9.17, 15) is 4.79 Å². The first kappa shape index (κ1) is 11.5. The molecule has 0 aromatic heterocycles. The lowest BCUT2D eigenvalue weighted by molar-refractivity contribution is -0.135. The first-order valence-electron chi connectivity index (χ1n) is 4.35. The van der Waals surface area contributed by atoms with Crippen LogP contribution in [0, 0.1) is 11.8 Å². The third-order valence-corrected chi connectivity index (χ3v) is 2.21. The summed E-state index contributed by atoms with van der Waals surface area (Å²) in [6.45, 7) is 8.10. The van der Waals surface area contributed by atoms with E-state index in [4.69, 9.17) is 0 Å². The molecule has 1 aliphatic heterocycles. The van der Waals surface area contributed by atoms with Crippen molar-refractivity contribution in [2.45, 2.75) is 34.6 Å². The zero-order valence-corrected chi connectivity index (χ0v) is 7.63. The Hall–Kier alpha value is -0.530. The summed E-state index contributed by atoms with van der Waals surface area (Å²) in [4.78, 5) is 12.7. The summed E-state index contributed by atoms with van der Waals surface area (Å²) in [5, 5.41) is 0. The number of likely N-dealkylation sites (tertiary alicyclic amines) is 1. The van der Waals surface area contributed by atoms with Gasteiger partial charge in [0.05, 0.1) is 0 Å². The van der Waals surface area contributed by atoms with Crippen LogP contribution >= 0.6 is 0 Å². The maximum atomic E-state index is 10.8. The molecule has 12 heavy (non-hydrogen) atoms. The summed E-state index contributed by atoms with van der Waals surface area (Å²) in [6, 6.07) is 0. The monoisotopic (exact) mass is 171 g/mol. The topological polar surface area (TPSA) is 20.3 Å². The Balaban J connectivity index is 0.00000121. The van der Waals surface area contributed by atoms with E-state index < -0.39 is 0 Å². The van der Waals surface area contributed by atoms with Crippen LogP contribution in [0.4, 0.5) is 0 Å². The summed E-state index contributed by atoms with van der Waals surface area (Å²) < 4.78 is 0. The minimum absolute atomic E-state index is 0. The molecule has 1 fully saturated rings. The van der Waals surface area contributed by atoms with Gasteiger partial charge >= 0.3 is 0 Å². The number of carbonyl (C=O) groups excluding carboxylic acids is 1. The molecule has 1 aliphatic rings. The second kappa shape index (κ2) is 4.48. The van der Waals surface area contributed by atoms with Gasteiger partial charge in [-0.25, -0.2) is 0 Å². The van der Waals surface area contributed by atoms with Crippen LogP contribution in [0.5, 0.6) is 0 Å². The zero-order chi connectivity index (χ0) is 8.43. The van der Waals surface area contributed by atoms with Crippen molar-refractivity contribution >= 4 is 5.91 Å². The largest absolute Gasteiger partial charge is 0.342 e. The molecule has 72 valence electrons. The average molecular weight is 171 g/mol. The van der Waals surface area contributed by atoms with Gasteiger partial charge in [0, 0.05) is 20.0 Å². The zero-order valence-electron chi connectivity index (χ0n) is 7.63. The van der Waals surface area contributed by atoms with Crippen LogP contribution in [0.3, 0.4) is 0 Å². The van der Waals surface area contributed by atoms with Gasteiger partial charge in [0.25, 0.3) is 0 Å². The first-order valence-corrected chi connectivity index (χ1v) is 4.35. The Labute approximate surface area is 75.9 Å². The number of hydrogen-bond acceptors (Lipinski definition) is 1. The molecule has 0 radical (unpaired) electrons. The highest BCUT2D eigenvalue weighted by molar-refractivity contribution is 5.74. The van der Waals surface area contributed by atoms with Crippen LogP contribution in [-0.4, -0.2) is 23.9 Å². The summed E-state index contributed by atoms with van der Waals surface area (Å²) in [7, 11) is 0. The first-order chi connectivity index (χ1) is 5.09. The van der Waals surface area contributed by atoms with E-state index in [-0.39, 0.29) is 13.3 Å². The van der Waals surface area contributed by atoms with Gasteiger partial charge < -0.3 is 4.90 Å². The fourth-order valence-electron chi connectivity index (χ4n) is 1.64. The van der Waals surface area contributed by atoms with Gasteiger partial charge in [-0.15, -0.1) is 0 Å². The standard InChI is InChI=1S/C9H17NO.CH4/c1-7(2)4-9-5-10(6-9)8(3)11;/h7,9H,4-6H2,1-3H3;1H4. The van der Waals surface area contributed by atoms with Crippen molar-refractivity contribution in [1.82, 2.24) is 4.90 Å². The smallest absolute Gasteiger partial charge is 0.219 e.